The van der Waals surface area contributed by atoms with E-state index in [1.807, 2.05) is 6.92 Å². The molecular formula is C9H18O2. The molecule has 0 heterocycles. The molecule has 0 spiro atoms. The van der Waals surface area contributed by atoms with Gasteiger partial charge in [-0.15, -0.1) is 0 Å². The second-order valence-electron chi connectivity index (χ2n) is 2.97. The van der Waals surface area contributed by atoms with E-state index in [1.54, 1.807) is 0 Å². The zero-order chi connectivity index (χ0) is 7.94. The highest BCUT2D eigenvalue weighted by molar-refractivity contribution is 4.72. The molecule has 11 heavy (non-hydrogen) atoms. The molecular weight excluding hydrogens is 140 g/mol. The van der Waals surface area contributed by atoms with Gasteiger partial charge in [0.25, 0.3) is 0 Å². The molecule has 1 saturated carbocycles. The maximum atomic E-state index is 5.48. The standard InChI is InChI=1S/C9H18O2/c1-2-10-7-3-4-8-11-9-5-6-9/h9H,2-8H2,1H3. The van der Waals surface area contributed by atoms with Crippen LogP contribution in [0.2, 0.25) is 0 Å². The Labute approximate surface area is 68.9 Å². The molecule has 0 radical (unpaired) electrons. The second kappa shape index (κ2) is 5.56. The van der Waals surface area contributed by atoms with Crippen LogP contribution in [0.1, 0.15) is 32.6 Å². The van der Waals surface area contributed by atoms with Gasteiger partial charge in [0.05, 0.1) is 6.10 Å². The monoisotopic (exact) mass is 158 g/mol. The molecule has 0 atom stereocenters. The van der Waals surface area contributed by atoms with E-state index in [9.17, 15) is 0 Å². The second-order valence-corrected chi connectivity index (χ2v) is 2.97. The molecule has 0 bridgehead atoms. The van der Waals surface area contributed by atoms with Crippen molar-refractivity contribution in [1.29, 1.82) is 0 Å². The maximum Gasteiger partial charge on any atom is 0.0577 e. The zero-order valence-electron chi connectivity index (χ0n) is 7.34. The van der Waals surface area contributed by atoms with Gasteiger partial charge in [0.1, 0.15) is 0 Å². The summed E-state index contributed by atoms with van der Waals surface area (Å²) < 4.78 is 10.7. The summed E-state index contributed by atoms with van der Waals surface area (Å²) >= 11 is 0. The first kappa shape index (κ1) is 9.01. The molecule has 66 valence electrons. The van der Waals surface area contributed by atoms with E-state index < -0.39 is 0 Å². The SMILES string of the molecule is CCOCCCCOC1CC1. The fourth-order valence-electron chi connectivity index (χ4n) is 0.935. The Hall–Kier alpha value is -0.0800. The van der Waals surface area contributed by atoms with Gasteiger partial charge in [-0.2, -0.15) is 0 Å². The molecule has 2 nitrogen and oxygen atoms in total. The molecule has 0 aromatic rings. The topological polar surface area (TPSA) is 18.5 Å². The molecule has 0 amide bonds. The van der Waals surface area contributed by atoms with Crippen molar-refractivity contribution in [3.63, 3.8) is 0 Å². The molecule has 1 aliphatic carbocycles. The van der Waals surface area contributed by atoms with Crippen molar-refractivity contribution in [1.82, 2.24) is 0 Å². The van der Waals surface area contributed by atoms with E-state index in [1.165, 1.54) is 12.8 Å². The first-order valence-electron chi connectivity index (χ1n) is 4.63. The van der Waals surface area contributed by atoms with E-state index in [-0.39, 0.29) is 0 Å². The maximum absolute atomic E-state index is 5.48. The fraction of sp³-hybridized carbons (Fsp3) is 1.00. The van der Waals surface area contributed by atoms with Crippen molar-refractivity contribution < 1.29 is 9.47 Å². The molecule has 0 aromatic carbocycles. The number of unbranched alkanes of at least 4 members (excludes halogenated alkanes) is 1. The van der Waals surface area contributed by atoms with Crippen LogP contribution in [0.3, 0.4) is 0 Å². The lowest BCUT2D eigenvalue weighted by atomic mass is 10.3. The molecule has 0 aliphatic heterocycles. The highest BCUT2D eigenvalue weighted by atomic mass is 16.5. The average molecular weight is 158 g/mol. The van der Waals surface area contributed by atoms with Crippen LogP contribution in [0.5, 0.6) is 0 Å². The van der Waals surface area contributed by atoms with Gasteiger partial charge >= 0.3 is 0 Å². The molecule has 0 unspecified atom stereocenters. The van der Waals surface area contributed by atoms with E-state index in [4.69, 9.17) is 9.47 Å². The third-order valence-corrected chi connectivity index (χ3v) is 1.77. The predicted octanol–water partition coefficient (Wildman–Crippen LogP) is 1.98. The molecule has 0 saturated heterocycles. The van der Waals surface area contributed by atoms with Crippen molar-refractivity contribution in [3.8, 4) is 0 Å². The highest BCUT2D eigenvalue weighted by Gasteiger charge is 2.21. The minimum Gasteiger partial charge on any atom is -0.382 e. The van der Waals surface area contributed by atoms with Crippen LogP contribution in [0, 0.1) is 0 Å². The van der Waals surface area contributed by atoms with Gasteiger partial charge in [-0.25, -0.2) is 0 Å². The van der Waals surface area contributed by atoms with Gasteiger partial charge in [0.15, 0.2) is 0 Å². The Kier molecular flexibility index (Phi) is 4.55. The largest absolute Gasteiger partial charge is 0.382 e. The van der Waals surface area contributed by atoms with Gasteiger partial charge in [-0.1, -0.05) is 0 Å². The lowest BCUT2D eigenvalue weighted by Crippen LogP contribution is -1.99. The van der Waals surface area contributed by atoms with Crippen molar-refractivity contribution in [3.05, 3.63) is 0 Å². The molecule has 1 rings (SSSR count). The Morgan fingerprint density at radius 2 is 1.91 bits per heavy atom. The summed E-state index contributed by atoms with van der Waals surface area (Å²) in [6, 6.07) is 0. The van der Waals surface area contributed by atoms with Gasteiger partial charge < -0.3 is 9.47 Å². The summed E-state index contributed by atoms with van der Waals surface area (Å²) in [6.45, 7) is 4.69. The van der Waals surface area contributed by atoms with Crippen LogP contribution in [0.25, 0.3) is 0 Å². The first-order valence-corrected chi connectivity index (χ1v) is 4.63. The smallest absolute Gasteiger partial charge is 0.0577 e. The van der Waals surface area contributed by atoms with Crippen molar-refractivity contribution in [2.24, 2.45) is 0 Å². The van der Waals surface area contributed by atoms with E-state index >= 15 is 0 Å². The van der Waals surface area contributed by atoms with Gasteiger partial charge in [0.2, 0.25) is 0 Å². The third kappa shape index (κ3) is 5.22. The summed E-state index contributed by atoms with van der Waals surface area (Å²) in [4.78, 5) is 0. The van der Waals surface area contributed by atoms with Gasteiger partial charge in [-0.05, 0) is 32.6 Å². The quantitative estimate of drug-likeness (QED) is 0.527. The minimum atomic E-state index is 0.613. The highest BCUT2D eigenvalue weighted by Crippen LogP contribution is 2.23. The van der Waals surface area contributed by atoms with E-state index in [0.717, 1.165) is 32.7 Å². The van der Waals surface area contributed by atoms with Crippen LogP contribution in [-0.2, 0) is 9.47 Å². The van der Waals surface area contributed by atoms with Crippen LogP contribution in [-0.4, -0.2) is 25.9 Å². The average Bonchev–Trinajstić information content (AvgIpc) is 2.80. The number of hydrogen-bond acceptors (Lipinski definition) is 2. The molecule has 0 N–H and O–H groups in total. The molecule has 1 aliphatic rings. The van der Waals surface area contributed by atoms with Crippen LogP contribution < -0.4 is 0 Å². The van der Waals surface area contributed by atoms with Gasteiger partial charge in [0, 0.05) is 19.8 Å². The Morgan fingerprint density at radius 1 is 1.18 bits per heavy atom. The van der Waals surface area contributed by atoms with E-state index in [2.05, 4.69) is 0 Å². The summed E-state index contributed by atoms with van der Waals surface area (Å²) in [6.07, 6.45) is 5.47. The van der Waals surface area contributed by atoms with E-state index in [0.29, 0.717) is 6.10 Å². The minimum absolute atomic E-state index is 0.613. The van der Waals surface area contributed by atoms with Crippen LogP contribution in [0.4, 0.5) is 0 Å². The van der Waals surface area contributed by atoms with Gasteiger partial charge in [-0.3, -0.25) is 0 Å². The molecule has 1 fully saturated rings. The number of ether oxygens (including phenoxy) is 2. The molecule has 0 aromatic heterocycles. The Bertz CT molecular complexity index is 89.6. The fourth-order valence-corrected chi connectivity index (χ4v) is 0.935. The van der Waals surface area contributed by atoms with Crippen molar-refractivity contribution in [2.75, 3.05) is 19.8 Å². The number of hydrogen-bond donors (Lipinski definition) is 0. The molecule has 2 heteroatoms. The van der Waals surface area contributed by atoms with Crippen molar-refractivity contribution >= 4 is 0 Å². The normalized spacial score (nSPS) is 17.2. The third-order valence-electron chi connectivity index (χ3n) is 1.77. The lowest BCUT2D eigenvalue weighted by molar-refractivity contribution is 0.0987. The van der Waals surface area contributed by atoms with Crippen LogP contribution >= 0.6 is 0 Å². The predicted molar refractivity (Wildman–Crippen MR) is 44.7 cm³/mol. The van der Waals surface area contributed by atoms with Crippen LogP contribution in [0.15, 0.2) is 0 Å². The number of rotatable bonds is 7. The summed E-state index contributed by atoms with van der Waals surface area (Å²) in [5.41, 5.74) is 0. The summed E-state index contributed by atoms with van der Waals surface area (Å²) in [7, 11) is 0. The van der Waals surface area contributed by atoms with Crippen molar-refractivity contribution in [2.45, 2.75) is 38.7 Å². The Balaban J connectivity index is 1.66. The zero-order valence-corrected chi connectivity index (χ0v) is 7.34. The summed E-state index contributed by atoms with van der Waals surface area (Å²) in [5, 5.41) is 0. The Morgan fingerprint density at radius 3 is 2.55 bits per heavy atom. The lowest BCUT2D eigenvalue weighted by Gasteiger charge is -2.01. The first-order chi connectivity index (χ1) is 5.43. The summed E-state index contributed by atoms with van der Waals surface area (Å²) in [5.74, 6) is 0.